The number of anilines is 1. The number of likely N-dealkylation sites (tertiary alicyclic amines) is 1. The molecule has 4 nitrogen and oxygen atoms in total. The third-order valence-electron chi connectivity index (χ3n) is 4.21. The first-order chi connectivity index (χ1) is 8.78. The van der Waals surface area contributed by atoms with E-state index in [0.717, 1.165) is 24.0 Å². The van der Waals surface area contributed by atoms with Gasteiger partial charge in [-0.25, -0.2) is 4.98 Å². The average molecular weight is 266 g/mol. The number of aromatic nitrogens is 1. The molecule has 0 bridgehead atoms. The van der Waals surface area contributed by atoms with E-state index in [2.05, 4.69) is 22.1 Å². The van der Waals surface area contributed by atoms with Crippen LogP contribution in [0.5, 0.6) is 0 Å². The Morgan fingerprint density at radius 2 is 2.44 bits per heavy atom. The van der Waals surface area contributed by atoms with Crippen molar-refractivity contribution in [3.05, 3.63) is 10.6 Å². The van der Waals surface area contributed by atoms with Crippen molar-refractivity contribution in [1.29, 1.82) is 0 Å². The summed E-state index contributed by atoms with van der Waals surface area (Å²) in [7, 11) is 0. The van der Waals surface area contributed by atoms with Crippen LogP contribution < -0.4 is 11.1 Å². The zero-order chi connectivity index (χ0) is 12.5. The van der Waals surface area contributed by atoms with E-state index in [1.165, 1.54) is 43.0 Å². The molecule has 0 saturated carbocycles. The fourth-order valence-electron chi connectivity index (χ4n) is 3.27. The van der Waals surface area contributed by atoms with Gasteiger partial charge in [0.2, 0.25) is 0 Å². The number of rotatable bonds is 2. The van der Waals surface area contributed by atoms with Gasteiger partial charge in [0.05, 0.1) is 5.69 Å². The highest BCUT2D eigenvalue weighted by atomic mass is 32.1. The molecule has 1 aromatic heterocycles. The zero-order valence-electron chi connectivity index (χ0n) is 11.0. The Kier molecular flexibility index (Phi) is 3.54. The van der Waals surface area contributed by atoms with E-state index in [9.17, 15) is 0 Å². The molecule has 0 amide bonds. The number of thiazole rings is 1. The van der Waals surface area contributed by atoms with Gasteiger partial charge in [-0.05, 0) is 31.8 Å². The van der Waals surface area contributed by atoms with E-state index in [-0.39, 0.29) is 0 Å². The van der Waals surface area contributed by atoms with Crippen LogP contribution in [0.25, 0.3) is 0 Å². The summed E-state index contributed by atoms with van der Waals surface area (Å²) in [5.74, 6) is 0.720. The van der Waals surface area contributed by atoms with Crippen molar-refractivity contribution in [2.75, 3.05) is 31.9 Å². The van der Waals surface area contributed by atoms with E-state index >= 15 is 0 Å². The summed E-state index contributed by atoms with van der Waals surface area (Å²) in [6.07, 6.45) is 3.68. The lowest BCUT2D eigenvalue weighted by Gasteiger charge is -2.38. The Labute approximate surface area is 113 Å². The van der Waals surface area contributed by atoms with E-state index in [1.54, 1.807) is 11.3 Å². The lowest BCUT2D eigenvalue weighted by molar-refractivity contribution is 0.151. The number of piperidine rings is 1. The first-order valence-corrected chi connectivity index (χ1v) is 7.80. The van der Waals surface area contributed by atoms with Gasteiger partial charge in [-0.2, -0.15) is 0 Å². The van der Waals surface area contributed by atoms with Gasteiger partial charge < -0.3 is 16.0 Å². The second kappa shape index (κ2) is 5.15. The highest BCUT2D eigenvalue weighted by molar-refractivity contribution is 7.15. The first-order valence-electron chi connectivity index (χ1n) is 6.98. The fraction of sp³-hybridized carbons (Fsp3) is 0.769. The van der Waals surface area contributed by atoms with Crippen LogP contribution in [0.1, 0.15) is 36.4 Å². The minimum Gasteiger partial charge on any atom is -0.375 e. The molecule has 3 rings (SSSR count). The molecule has 1 fully saturated rings. The van der Waals surface area contributed by atoms with Crippen molar-refractivity contribution in [1.82, 2.24) is 15.2 Å². The highest BCUT2D eigenvalue weighted by Crippen LogP contribution is 2.37. The molecule has 2 aliphatic heterocycles. The Morgan fingerprint density at radius 3 is 3.28 bits per heavy atom. The molecule has 5 heteroatoms. The second-order valence-electron chi connectivity index (χ2n) is 5.34. The molecule has 18 heavy (non-hydrogen) atoms. The first kappa shape index (κ1) is 12.4. The largest absolute Gasteiger partial charge is 0.375 e. The number of fused-ring (bicyclic) bond motifs is 1. The summed E-state index contributed by atoms with van der Waals surface area (Å²) in [6, 6.07) is 0.484. The van der Waals surface area contributed by atoms with Crippen molar-refractivity contribution in [3.8, 4) is 0 Å². The van der Waals surface area contributed by atoms with Crippen LogP contribution in [0.3, 0.4) is 0 Å². The highest BCUT2D eigenvalue weighted by Gasteiger charge is 2.32. The van der Waals surface area contributed by atoms with E-state index in [1.807, 2.05) is 0 Å². The van der Waals surface area contributed by atoms with Gasteiger partial charge in [0.15, 0.2) is 5.13 Å². The summed E-state index contributed by atoms with van der Waals surface area (Å²) >= 11 is 1.69. The van der Waals surface area contributed by atoms with E-state index in [0.29, 0.717) is 6.04 Å². The molecule has 0 unspecified atom stereocenters. The molecule has 0 spiro atoms. The van der Waals surface area contributed by atoms with Crippen LogP contribution in [0.2, 0.25) is 0 Å². The van der Waals surface area contributed by atoms with Crippen LogP contribution in [0, 0.1) is 5.92 Å². The summed E-state index contributed by atoms with van der Waals surface area (Å²) < 4.78 is 0. The van der Waals surface area contributed by atoms with Crippen LogP contribution in [-0.4, -0.2) is 36.1 Å². The molecule has 3 heterocycles. The molecule has 3 N–H and O–H groups in total. The van der Waals surface area contributed by atoms with Gasteiger partial charge in [0.25, 0.3) is 0 Å². The minimum absolute atomic E-state index is 0.484. The molecular weight excluding hydrogens is 244 g/mol. The predicted molar refractivity (Wildman–Crippen MR) is 75.8 cm³/mol. The maximum absolute atomic E-state index is 5.87. The zero-order valence-corrected chi connectivity index (χ0v) is 11.8. The number of nitrogens with zero attached hydrogens (tertiary/aromatic N) is 2. The van der Waals surface area contributed by atoms with Gasteiger partial charge >= 0.3 is 0 Å². The Balaban J connectivity index is 1.80. The molecule has 2 atom stereocenters. The SMILES string of the molecule is CCN1CCC[C@@H]([C@@H]2NCCc3nc(N)sc32)C1. The maximum atomic E-state index is 5.87. The normalized spacial score (nSPS) is 29.2. The standard InChI is InChI=1S/C13H22N4S/c1-2-17-7-3-4-9(8-17)11-12-10(5-6-15-11)16-13(14)18-12/h9,11,15H,2-8H2,1H3,(H2,14,16)/t9-,11+/m1/s1. The van der Waals surface area contributed by atoms with Crippen LogP contribution in [0.4, 0.5) is 5.13 Å². The third kappa shape index (κ3) is 2.27. The quantitative estimate of drug-likeness (QED) is 0.854. The fourth-order valence-corrected chi connectivity index (χ4v) is 4.32. The van der Waals surface area contributed by atoms with Gasteiger partial charge in [-0.1, -0.05) is 6.92 Å². The van der Waals surface area contributed by atoms with Gasteiger partial charge in [-0.3, -0.25) is 0 Å². The molecule has 0 aliphatic carbocycles. The van der Waals surface area contributed by atoms with Crippen LogP contribution in [0.15, 0.2) is 0 Å². The van der Waals surface area contributed by atoms with Crippen molar-refractivity contribution >= 4 is 16.5 Å². The molecule has 0 radical (unpaired) electrons. The monoisotopic (exact) mass is 266 g/mol. The Morgan fingerprint density at radius 1 is 1.56 bits per heavy atom. The topological polar surface area (TPSA) is 54.2 Å². The molecular formula is C13H22N4S. The summed E-state index contributed by atoms with van der Waals surface area (Å²) in [4.78, 5) is 8.45. The predicted octanol–water partition coefficient (Wildman–Crippen LogP) is 1.64. The van der Waals surface area contributed by atoms with Crippen LogP contribution >= 0.6 is 11.3 Å². The Hall–Kier alpha value is -0.650. The van der Waals surface area contributed by atoms with E-state index in [4.69, 9.17) is 5.73 Å². The number of hydrogen-bond acceptors (Lipinski definition) is 5. The lowest BCUT2D eigenvalue weighted by Crippen LogP contribution is -2.43. The van der Waals surface area contributed by atoms with E-state index < -0.39 is 0 Å². The van der Waals surface area contributed by atoms with Crippen molar-refractivity contribution in [3.63, 3.8) is 0 Å². The third-order valence-corrected chi connectivity index (χ3v) is 5.22. The lowest BCUT2D eigenvalue weighted by atomic mass is 9.87. The molecule has 100 valence electrons. The summed E-state index contributed by atoms with van der Waals surface area (Å²) in [5.41, 5.74) is 7.12. The number of nitrogens with two attached hydrogens (primary N) is 1. The van der Waals surface area contributed by atoms with Gasteiger partial charge in [0.1, 0.15) is 0 Å². The molecule has 2 aliphatic rings. The Bertz CT molecular complexity index is 417. The summed E-state index contributed by atoms with van der Waals surface area (Å²) in [5, 5.41) is 4.42. The molecule has 1 aromatic rings. The van der Waals surface area contributed by atoms with Gasteiger partial charge in [-0.15, -0.1) is 11.3 Å². The van der Waals surface area contributed by atoms with Gasteiger partial charge in [0, 0.05) is 30.4 Å². The molecule has 0 aromatic carbocycles. The number of nitrogens with one attached hydrogen (secondary N) is 1. The number of hydrogen-bond donors (Lipinski definition) is 2. The average Bonchev–Trinajstić information content (AvgIpc) is 2.78. The molecule has 1 saturated heterocycles. The minimum atomic E-state index is 0.484. The summed E-state index contributed by atoms with van der Waals surface area (Å²) in [6.45, 7) is 6.94. The van der Waals surface area contributed by atoms with Crippen LogP contribution in [-0.2, 0) is 6.42 Å². The van der Waals surface area contributed by atoms with Crippen molar-refractivity contribution < 1.29 is 0 Å². The second-order valence-corrected chi connectivity index (χ2v) is 6.40. The van der Waals surface area contributed by atoms with Crippen molar-refractivity contribution in [2.45, 2.75) is 32.2 Å². The smallest absolute Gasteiger partial charge is 0.180 e. The number of nitrogen functional groups attached to an aromatic ring is 1. The van der Waals surface area contributed by atoms with Crippen molar-refractivity contribution in [2.24, 2.45) is 5.92 Å². The maximum Gasteiger partial charge on any atom is 0.180 e.